The quantitative estimate of drug-likeness (QED) is 0.598. The molecule has 0 atom stereocenters. The van der Waals surface area contributed by atoms with E-state index in [0.29, 0.717) is 12.1 Å². The number of Topliss-reactive ketones (excluding diaryl/α,β-unsaturated/α-hetero) is 1. The molecular weight excluding hydrogens is 140 g/mol. The zero-order valence-corrected chi connectivity index (χ0v) is 6.00. The summed E-state index contributed by atoms with van der Waals surface area (Å²) in [7, 11) is 0. The molecule has 0 aromatic carbocycles. The van der Waals surface area contributed by atoms with Crippen LogP contribution in [0.5, 0.6) is 0 Å². The molecule has 1 aliphatic rings. The molecule has 0 fully saturated rings. The van der Waals surface area contributed by atoms with Crippen LogP contribution in [0.25, 0.3) is 0 Å². The van der Waals surface area contributed by atoms with Gasteiger partial charge in [-0.3, -0.25) is 9.78 Å². The fraction of sp³-hybridized carbons (Fsp3) is 0.250. The van der Waals surface area contributed by atoms with Gasteiger partial charge in [-0.15, -0.1) is 0 Å². The van der Waals surface area contributed by atoms with Crippen molar-refractivity contribution in [1.29, 1.82) is 0 Å². The smallest absolute Gasteiger partial charge is 0.185 e. The number of anilines is 1. The Kier molecular flexibility index (Phi) is 1.35. The fourth-order valence-corrected chi connectivity index (χ4v) is 1.20. The van der Waals surface area contributed by atoms with Crippen molar-refractivity contribution in [2.24, 2.45) is 0 Å². The summed E-state index contributed by atoms with van der Waals surface area (Å²) in [5, 5.41) is 3.11. The number of nitrogens with zero attached hydrogens (tertiary/aromatic N) is 1. The molecule has 1 aromatic rings. The number of ketones is 1. The van der Waals surface area contributed by atoms with Gasteiger partial charge in [-0.05, 0) is 12.1 Å². The summed E-state index contributed by atoms with van der Waals surface area (Å²) >= 11 is 0. The Morgan fingerprint density at radius 3 is 3.27 bits per heavy atom. The van der Waals surface area contributed by atoms with Crippen molar-refractivity contribution in [3.8, 4) is 0 Å². The predicted octanol–water partition coefficient (Wildman–Crippen LogP) is 1.08. The molecule has 3 heteroatoms. The van der Waals surface area contributed by atoms with Crippen LogP contribution in [0.3, 0.4) is 0 Å². The van der Waals surface area contributed by atoms with Gasteiger partial charge in [-0.2, -0.15) is 0 Å². The molecule has 0 amide bonds. The van der Waals surface area contributed by atoms with Gasteiger partial charge < -0.3 is 5.32 Å². The maximum absolute atomic E-state index is 11.2. The molecule has 2 rings (SSSR count). The van der Waals surface area contributed by atoms with Crippen LogP contribution in [-0.4, -0.2) is 17.3 Å². The highest BCUT2D eigenvalue weighted by molar-refractivity contribution is 6.00. The number of rotatable bonds is 0. The van der Waals surface area contributed by atoms with Gasteiger partial charge in [0.15, 0.2) is 5.78 Å². The first-order chi connectivity index (χ1) is 5.38. The standard InChI is InChI=1S/C8H8N2O/c11-7-3-5-9-6-2-1-4-10-8(6)7/h1-2,4,9H,3,5H2. The zero-order valence-electron chi connectivity index (χ0n) is 6.00. The normalized spacial score (nSPS) is 15.5. The molecule has 0 bridgehead atoms. The van der Waals surface area contributed by atoms with Crippen LogP contribution >= 0.6 is 0 Å². The summed E-state index contributed by atoms with van der Waals surface area (Å²) in [4.78, 5) is 15.2. The lowest BCUT2D eigenvalue weighted by molar-refractivity contribution is 0.0979. The van der Waals surface area contributed by atoms with Crippen molar-refractivity contribution in [1.82, 2.24) is 4.98 Å². The lowest BCUT2D eigenvalue weighted by atomic mass is 10.1. The van der Waals surface area contributed by atoms with Crippen LogP contribution in [0.4, 0.5) is 5.69 Å². The van der Waals surface area contributed by atoms with Crippen molar-refractivity contribution >= 4 is 11.5 Å². The zero-order chi connectivity index (χ0) is 7.68. The van der Waals surface area contributed by atoms with Gasteiger partial charge in [-0.25, -0.2) is 0 Å². The van der Waals surface area contributed by atoms with E-state index in [1.165, 1.54) is 0 Å². The van der Waals surface area contributed by atoms with Crippen LogP contribution in [0, 0.1) is 0 Å². The molecule has 0 radical (unpaired) electrons. The molecule has 0 saturated carbocycles. The third-order valence-corrected chi connectivity index (χ3v) is 1.74. The van der Waals surface area contributed by atoms with Gasteiger partial charge in [0.25, 0.3) is 0 Å². The molecule has 1 N–H and O–H groups in total. The molecular formula is C8H8N2O. The summed E-state index contributed by atoms with van der Waals surface area (Å²) in [6.07, 6.45) is 2.20. The number of hydrogen-bond donors (Lipinski definition) is 1. The second-order valence-corrected chi connectivity index (χ2v) is 2.50. The molecule has 1 aliphatic heterocycles. The maximum Gasteiger partial charge on any atom is 0.185 e. The first-order valence-electron chi connectivity index (χ1n) is 3.60. The SMILES string of the molecule is O=C1CCNc2cccnc21. The summed E-state index contributed by atoms with van der Waals surface area (Å²) in [5.74, 6) is 0.138. The van der Waals surface area contributed by atoms with Gasteiger partial charge in [-0.1, -0.05) is 0 Å². The number of hydrogen-bond acceptors (Lipinski definition) is 3. The van der Waals surface area contributed by atoms with E-state index in [1.807, 2.05) is 12.1 Å². The Morgan fingerprint density at radius 2 is 2.45 bits per heavy atom. The number of carbonyl (C=O) groups is 1. The third-order valence-electron chi connectivity index (χ3n) is 1.74. The summed E-state index contributed by atoms with van der Waals surface area (Å²) < 4.78 is 0. The van der Waals surface area contributed by atoms with Crippen molar-refractivity contribution in [3.05, 3.63) is 24.0 Å². The van der Waals surface area contributed by atoms with Gasteiger partial charge >= 0.3 is 0 Å². The third kappa shape index (κ3) is 0.981. The molecule has 0 spiro atoms. The van der Waals surface area contributed by atoms with E-state index < -0.39 is 0 Å². The molecule has 3 nitrogen and oxygen atoms in total. The van der Waals surface area contributed by atoms with E-state index in [-0.39, 0.29) is 5.78 Å². The molecule has 1 aromatic heterocycles. The average Bonchev–Trinajstić information content (AvgIpc) is 2.06. The van der Waals surface area contributed by atoms with Crippen molar-refractivity contribution in [2.75, 3.05) is 11.9 Å². The molecule has 2 heterocycles. The van der Waals surface area contributed by atoms with Gasteiger partial charge in [0, 0.05) is 19.2 Å². The lowest BCUT2D eigenvalue weighted by Crippen LogP contribution is -2.18. The van der Waals surface area contributed by atoms with Crippen molar-refractivity contribution < 1.29 is 4.79 Å². The van der Waals surface area contributed by atoms with Gasteiger partial charge in [0.2, 0.25) is 0 Å². The van der Waals surface area contributed by atoms with E-state index in [0.717, 1.165) is 12.2 Å². The van der Waals surface area contributed by atoms with E-state index in [1.54, 1.807) is 6.20 Å². The lowest BCUT2D eigenvalue weighted by Gasteiger charge is -2.14. The number of pyridine rings is 1. The van der Waals surface area contributed by atoms with Crippen molar-refractivity contribution in [3.63, 3.8) is 0 Å². The maximum atomic E-state index is 11.2. The fourth-order valence-electron chi connectivity index (χ4n) is 1.20. The summed E-state index contributed by atoms with van der Waals surface area (Å²) in [6.45, 7) is 0.734. The molecule has 0 unspecified atom stereocenters. The highest BCUT2D eigenvalue weighted by Crippen LogP contribution is 2.17. The first kappa shape index (κ1) is 6.34. The Labute approximate surface area is 64.5 Å². The summed E-state index contributed by atoms with van der Waals surface area (Å²) in [6, 6.07) is 3.70. The Balaban J connectivity index is 2.52. The van der Waals surface area contributed by atoms with Crippen LogP contribution in [0.15, 0.2) is 18.3 Å². The average molecular weight is 148 g/mol. The van der Waals surface area contributed by atoms with Crippen molar-refractivity contribution in [2.45, 2.75) is 6.42 Å². The van der Waals surface area contributed by atoms with Crippen LogP contribution < -0.4 is 5.32 Å². The minimum absolute atomic E-state index is 0.138. The van der Waals surface area contributed by atoms with Crippen LogP contribution in [0.2, 0.25) is 0 Å². The van der Waals surface area contributed by atoms with Gasteiger partial charge in [0.05, 0.1) is 5.69 Å². The van der Waals surface area contributed by atoms with Gasteiger partial charge in [0.1, 0.15) is 5.69 Å². The second-order valence-electron chi connectivity index (χ2n) is 2.50. The number of fused-ring (bicyclic) bond motifs is 1. The molecule has 0 aliphatic carbocycles. The first-order valence-corrected chi connectivity index (χ1v) is 3.60. The van der Waals surface area contributed by atoms with Crippen LogP contribution in [-0.2, 0) is 0 Å². The topological polar surface area (TPSA) is 42.0 Å². The Bertz CT molecular complexity index is 296. The molecule has 56 valence electrons. The highest BCUT2D eigenvalue weighted by atomic mass is 16.1. The Morgan fingerprint density at radius 1 is 1.55 bits per heavy atom. The second kappa shape index (κ2) is 2.34. The minimum Gasteiger partial charge on any atom is -0.383 e. The number of aromatic nitrogens is 1. The van der Waals surface area contributed by atoms with Crippen LogP contribution in [0.1, 0.15) is 16.9 Å². The highest BCUT2D eigenvalue weighted by Gasteiger charge is 2.16. The number of nitrogens with one attached hydrogen (secondary N) is 1. The Hall–Kier alpha value is -1.38. The van der Waals surface area contributed by atoms with E-state index in [2.05, 4.69) is 10.3 Å². The molecule has 11 heavy (non-hydrogen) atoms. The van der Waals surface area contributed by atoms with E-state index in [9.17, 15) is 4.79 Å². The van der Waals surface area contributed by atoms with E-state index in [4.69, 9.17) is 0 Å². The summed E-state index contributed by atoms with van der Waals surface area (Å²) in [5.41, 5.74) is 1.45. The molecule has 0 saturated heterocycles. The van der Waals surface area contributed by atoms with E-state index >= 15 is 0 Å². The number of carbonyl (C=O) groups excluding carboxylic acids is 1. The largest absolute Gasteiger partial charge is 0.383 e. The predicted molar refractivity (Wildman–Crippen MR) is 41.7 cm³/mol. The monoisotopic (exact) mass is 148 g/mol. The minimum atomic E-state index is 0.138.